The standard InChI is InChI=1S/C27H21ClN4O3/c1-32-16-22(17-11-13-29-14-12-17)25(31-32)18-7-9-19(10-8-18)35-26(28)24-15-21(27(33)34-2)20-5-3-4-6-23(20)30-24/h3-16,26H,1-2H3. The van der Waals surface area contributed by atoms with Crippen molar-refractivity contribution in [3.8, 4) is 28.1 Å². The zero-order chi connectivity index (χ0) is 24.4. The number of pyridine rings is 2. The van der Waals surface area contributed by atoms with Crippen molar-refractivity contribution in [2.75, 3.05) is 7.11 Å². The molecule has 5 rings (SSSR count). The van der Waals surface area contributed by atoms with Gasteiger partial charge in [-0.3, -0.25) is 9.67 Å². The molecule has 1 unspecified atom stereocenters. The van der Waals surface area contributed by atoms with E-state index in [2.05, 4.69) is 15.1 Å². The summed E-state index contributed by atoms with van der Waals surface area (Å²) in [6.07, 6.45) is 5.50. The molecular formula is C27H21ClN4O3. The highest BCUT2D eigenvalue weighted by Crippen LogP contribution is 2.33. The minimum absolute atomic E-state index is 0.386. The molecule has 0 aliphatic heterocycles. The third-order valence-corrected chi connectivity index (χ3v) is 5.87. The van der Waals surface area contributed by atoms with E-state index in [-0.39, 0.29) is 0 Å². The molecule has 0 saturated carbocycles. The highest BCUT2D eigenvalue weighted by molar-refractivity contribution is 6.20. The lowest BCUT2D eigenvalue weighted by Gasteiger charge is -2.15. The summed E-state index contributed by atoms with van der Waals surface area (Å²) in [5.41, 5.74) is 4.36. The molecule has 0 spiro atoms. The number of hydrogen-bond acceptors (Lipinski definition) is 6. The molecular weight excluding hydrogens is 464 g/mol. The van der Waals surface area contributed by atoms with Crippen LogP contribution in [0.3, 0.4) is 0 Å². The summed E-state index contributed by atoms with van der Waals surface area (Å²) in [5.74, 6) is 0.100. The molecule has 2 aromatic carbocycles. The van der Waals surface area contributed by atoms with Crippen LogP contribution in [-0.2, 0) is 11.8 Å². The van der Waals surface area contributed by atoms with Gasteiger partial charge in [0, 0.05) is 42.2 Å². The molecule has 0 fully saturated rings. The van der Waals surface area contributed by atoms with Crippen LogP contribution in [0, 0.1) is 0 Å². The molecule has 35 heavy (non-hydrogen) atoms. The summed E-state index contributed by atoms with van der Waals surface area (Å²) >= 11 is 6.57. The predicted molar refractivity (Wildman–Crippen MR) is 134 cm³/mol. The Kier molecular flexibility index (Phi) is 6.16. The Hall–Kier alpha value is -4.23. The number of carbonyl (C=O) groups is 1. The molecule has 0 aliphatic rings. The molecule has 0 saturated heterocycles. The van der Waals surface area contributed by atoms with E-state index in [1.54, 1.807) is 23.1 Å². The van der Waals surface area contributed by atoms with Crippen LogP contribution in [0.15, 0.2) is 85.3 Å². The second-order valence-electron chi connectivity index (χ2n) is 7.86. The molecule has 3 aromatic heterocycles. The molecule has 174 valence electrons. The maximum Gasteiger partial charge on any atom is 0.338 e. The van der Waals surface area contributed by atoms with Crippen molar-refractivity contribution in [2.24, 2.45) is 7.05 Å². The van der Waals surface area contributed by atoms with Gasteiger partial charge >= 0.3 is 5.97 Å². The number of benzene rings is 2. The molecule has 0 amide bonds. The van der Waals surface area contributed by atoms with Gasteiger partial charge in [0.05, 0.1) is 23.9 Å². The van der Waals surface area contributed by atoms with Crippen LogP contribution in [0.5, 0.6) is 5.75 Å². The van der Waals surface area contributed by atoms with Crippen LogP contribution < -0.4 is 4.74 Å². The van der Waals surface area contributed by atoms with E-state index < -0.39 is 11.5 Å². The van der Waals surface area contributed by atoms with E-state index in [9.17, 15) is 4.79 Å². The van der Waals surface area contributed by atoms with Crippen LogP contribution in [0.25, 0.3) is 33.3 Å². The molecule has 0 bridgehead atoms. The number of rotatable bonds is 6. The molecule has 0 N–H and O–H groups in total. The third kappa shape index (κ3) is 4.58. The molecule has 5 aromatic rings. The fourth-order valence-electron chi connectivity index (χ4n) is 3.91. The summed E-state index contributed by atoms with van der Waals surface area (Å²) in [4.78, 5) is 21.0. The highest BCUT2D eigenvalue weighted by Gasteiger charge is 2.19. The normalized spacial score (nSPS) is 11.9. The van der Waals surface area contributed by atoms with Crippen LogP contribution in [0.2, 0.25) is 0 Å². The second-order valence-corrected chi connectivity index (χ2v) is 8.26. The Morgan fingerprint density at radius 2 is 1.74 bits per heavy atom. The van der Waals surface area contributed by atoms with Crippen LogP contribution >= 0.6 is 11.6 Å². The monoisotopic (exact) mass is 484 g/mol. The van der Waals surface area contributed by atoms with Crippen molar-refractivity contribution in [2.45, 2.75) is 5.56 Å². The number of aromatic nitrogens is 4. The van der Waals surface area contributed by atoms with Crippen molar-refractivity contribution < 1.29 is 14.3 Å². The number of hydrogen-bond donors (Lipinski definition) is 0. The van der Waals surface area contributed by atoms with Crippen LogP contribution in [0.1, 0.15) is 21.6 Å². The highest BCUT2D eigenvalue weighted by atomic mass is 35.5. The Labute approximate surface area is 206 Å². The van der Waals surface area contributed by atoms with E-state index in [1.807, 2.05) is 73.9 Å². The number of alkyl halides is 1. The number of esters is 1. The number of halogens is 1. The van der Waals surface area contributed by atoms with Gasteiger partial charge in [-0.25, -0.2) is 9.78 Å². The van der Waals surface area contributed by atoms with Gasteiger partial charge in [0.25, 0.3) is 0 Å². The smallest absolute Gasteiger partial charge is 0.338 e. The number of carbonyl (C=O) groups excluding carboxylic acids is 1. The van der Waals surface area contributed by atoms with Crippen LogP contribution in [0.4, 0.5) is 0 Å². The first-order valence-corrected chi connectivity index (χ1v) is 11.3. The van der Waals surface area contributed by atoms with E-state index in [1.165, 1.54) is 7.11 Å². The van der Waals surface area contributed by atoms with E-state index in [0.29, 0.717) is 27.9 Å². The number of methoxy groups -OCH3 is 1. The number of para-hydroxylation sites is 1. The Balaban J connectivity index is 1.41. The van der Waals surface area contributed by atoms with E-state index in [0.717, 1.165) is 22.4 Å². The van der Waals surface area contributed by atoms with Gasteiger partial charge in [-0.15, -0.1) is 0 Å². The third-order valence-electron chi connectivity index (χ3n) is 5.56. The van der Waals surface area contributed by atoms with Crippen molar-refractivity contribution >= 4 is 28.5 Å². The molecule has 7 nitrogen and oxygen atoms in total. The molecule has 1 atom stereocenters. The lowest BCUT2D eigenvalue weighted by atomic mass is 10.0. The first-order chi connectivity index (χ1) is 17.0. The average Bonchev–Trinajstić information content (AvgIpc) is 3.30. The van der Waals surface area contributed by atoms with Gasteiger partial charge in [-0.1, -0.05) is 29.8 Å². The summed E-state index contributed by atoms with van der Waals surface area (Å²) in [6.45, 7) is 0. The summed E-state index contributed by atoms with van der Waals surface area (Å²) in [7, 11) is 3.23. The van der Waals surface area contributed by atoms with Gasteiger partial charge < -0.3 is 9.47 Å². The zero-order valence-corrected chi connectivity index (χ0v) is 19.8. The fraction of sp³-hybridized carbons (Fsp3) is 0.111. The Morgan fingerprint density at radius 3 is 2.49 bits per heavy atom. The van der Waals surface area contributed by atoms with Crippen molar-refractivity contribution in [3.63, 3.8) is 0 Å². The van der Waals surface area contributed by atoms with Crippen molar-refractivity contribution in [1.29, 1.82) is 0 Å². The largest absolute Gasteiger partial charge is 0.469 e. The summed E-state index contributed by atoms with van der Waals surface area (Å²) < 4.78 is 12.7. The number of aryl methyl sites for hydroxylation is 1. The van der Waals surface area contributed by atoms with Gasteiger partial charge in [0.15, 0.2) is 0 Å². The minimum Gasteiger partial charge on any atom is -0.469 e. The molecule has 3 heterocycles. The van der Waals surface area contributed by atoms with Gasteiger partial charge in [-0.05, 0) is 54.1 Å². The number of ether oxygens (including phenoxy) is 2. The van der Waals surface area contributed by atoms with Gasteiger partial charge in [0.1, 0.15) is 11.4 Å². The van der Waals surface area contributed by atoms with Crippen LogP contribution in [-0.4, -0.2) is 32.8 Å². The quantitative estimate of drug-likeness (QED) is 0.224. The van der Waals surface area contributed by atoms with Gasteiger partial charge in [0.2, 0.25) is 5.56 Å². The first kappa shape index (κ1) is 22.6. The van der Waals surface area contributed by atoms with Crippen molar-refractivity contribution in [3.05, 3.63) is 96.6 Å². The molecule has 0 radical (unpaired) electrons. The molecule has 8 heteroatoms. The van der Waals surface area contributed by atoms with Crippen molar-refractivity contribution in [1.82, 2.24) is 19.7 Å². The topological polar surface area (TPSA) is 79.1 Å². The Morgan fingerprint density at radius 1 is 1.00 bits per heavy atom. The van der Waals surface area contributed by atoms with Gasteiger partial charge in [-0.2, -0.15) is 5.10 Å². The maximum absolute atomic E-state index is 12.3. The van der Waals surface area contributed by atoms with E-state index >= 15 is 0 Å². The number of nitrogens with zero attached hydrogens (tertiary/aromatic N) is 4. The van der Waals surface area contributed by atoms with E-state index in [4.69, 9.17) is 21.1 Å². The fourth-order valence-corrected chi connectivity index (χ4v) is 4.12. The number of fused-ring (bicyclic) bond motifs is 1. The summed E-state index contributed by atoms with van der Waals surface area (Å²) in [5, 5.41) is 5.33. The zero-order valence-electron chi connectivity index (χ0n) is 19.1. The molecule has 0 aliphatic carbocycles. The SMILES string of the molecule is COC(=O)c1cc(C(Cl)Oc2ccc(-c3nn(C)cc3-c3ccncc3)cc2)nc2ccccc12. The lowest BCUT2D eigenvalue weighted by molar-refractivity contribution is 0.0602. The average molecular weight is 485 g/mol. The summed E-state index contributed by atoms with van der Waals surface area (Å²) in [6, 6.07) is 20.4. The lowest BCUT2D eigenvalue weighted by Crippen LogP contribution is -2.08. The Bertz CT molecular complexity index is 1500. The predicted octanol–water partition coefficient (Wildman–Crippen LogP) is 5.80. The minimum atomic E-state index is -0.906. The maximum atomic E-state index is 12.3. The second kappa shape index (κ2) is 9.56. The first-order valence-electron chi connectivity index (χ1n) is 10.9.